The van der Waals surface area contributed by atoms with Gasteiger partial charge in [0.2, 0.25) is 0 Å². The predicted molar refractivity (Wildman–Crippen MR) is 100 cm³/mol. The van der Waals surface area contributed by atoms with Gasteiger partial charge in [0.25, 0.3) is 0 Å². The van der Waals surface area contributed by atoms with E-state index < -0.39 is 6.10 Å². The number of anilines is 1. The first-order chi connectivity index (χ1) is 12.6. The van der Waals surface area contributed by atoms with Gasteiger partial charge in [0.1, 0.15) is 0 Å². The molecule has 0 aliphatic heterocycles. The zero-order valence-corrected chi connectivity index (χ0v) is 14.6. The molecule has 0 fully saturated rings. The van der Waals surface area contributed by atoms with E-state index in [0.29, 0.717) is 12.2 Å². The predicted octanol–water partition coefficient (Wildman–Crippen LogP) is 2.55. The van der Waals surface area contributed by atoms with E-state index in [-0.39, 0.29) is 19.1 Å². The Hall–Kier alpha value is -2.83. The SMILES string of the molecule is CCOC(=O)c1c(-c2cccc(NCC(O)CO)c2)cn2ccccc12. The highest BCUT2D eigenvalue weighted by molar-refractivity contribution is 6.04. The van der Waals surface area contributed by atoms with Gasteiger partial charge < -0.3 is 24.7 Å². The van der Waals surface area contributed by atoms with Crippen LogP contribution in [-0.2, 0) is 4.74 Å². The molecule has 26 heavy (non-hydrogen) atoms. The van der Waals surface area contributed by atoms with Crippen molar-refractivity contribution in [2.24, 2.45) is 0 Å². The maximum atomic E-state index is 12.5. The van der Waals surface area contributed by atoms with Crippen LogP contribution in [0.15, 0.2) is 54.9 Å². The Morgan fingerprint density at radius 3 is 2.88 bits per heavy atom. The second-order valence-corrected chi connectivity index (χ2v) is 5.93. The summed E-state index contributed by atoms with van der Waals surface area (Å²) in [7, 11) is 0. The molecule has 136 valence electrons. The zero-order chi connectivity index (χ0) is 18.5. The fraction of sp³-hybridized carbons (Fsp3) is 0.250. The number of fused-ring (bicyclic) bond motifs is 1. The van der Waals surface area contributed by atoms with E-state index in [2.05, 4.69) is 5.32 Å². The second kappa shape index (κ2) is 8.03. The first-order valence-electron chi connectivity index (χ1n) is 8.54. The van der Waals surface area contributed by atoms with Crippen molar-refractivity contribution in [2.45, 2.75) is 13.0 Å². The van der Waals surface area contributed by atoms with Crippen molar-refractivity contribution in [1.29, 1.82) is 0 Å². The van der Waals surface area contributed by atoms with Gasteiger partial charge in [-0.05, 0) is 36.8 Å². The number of rotatable bonds is 7. The summed E-state index contributed by atoms with van der Waals surface area (Å²) >= 11 is 0. The quantitative estimate of drug-likeness (QED) is 0.568. The third-order valence-electron chi connectivity index (χ3n) is 4.09. The average Bonchev–Trinajstić information content (AvgIpc) is 3.06. The molecule has 0 saturated carbocycles. The standard InChI is InChI=1S/C20H22N2O4/c1-2-26-20(25)19-17(12-22-9-4-3-8-18(19)22)14-6-5-7-15(10-14)21-11-16(24)13-23/h3-10,12,16,21,23-24H,2,11,13H2,1H3. The molecule has 3 aromatic rings. The monoisotopic (exact) mass is 354 g/mol. The smallest absolute Gasteiger partial charge is 0.340 e. The maximum Gasteiger partial charge on any atom is 0.340 e. The van der Waals surface area contributed by atoms with Gasteiger partial charge in [-0.25, -0.2) is 4.79 Å². The summed E-state index contributed by atoms with van der Waals surface area (Å²) in [6.45, 7) is 2.03. The van der Waals surface area contributed by atoms with Gasteiger partial charge in [0.05, 0.1) is 30.4 Å². The molecule has 1 aromatic carbocycles. The molecule has 0 aliphatic carbocycles. The molecule has 0 radical (unpaired) electrons. The number of benzene rings is 1. The number of aliphatic hydroxyl groups is 2. The molecule has 2 heterocycles. The lowest BCUT2D eigenvalue weighted by molar-refractivity contribution is 0.0529. The van der Waals surface area contributed by atoms with Gasteiger partial charge in [0.15, 0.2) is 0 Å². The summed E-state index contributed by atoms with van der Waals surface area (Å²) in [5.41, 5.74) is 3.75. The molecule has 0 aliphatic rings. The third kappa shape index (κ3) is 3.71. The minimum atomic E-state index is -0.828. The van der Waals surface area contributed by atoms with Gasteiger partial charge in [-0.1, -0.05) is 18.2 Å². The summed E-state index contributed by atoms with van der Waals surface area (Å²) in [4.78, 5) is 12.5. The molecule has 0 saturated heterocycles. The fourth-order valence-electron chi connectivity index (χ4n) is 2.86. The van der Waals surface area contributed by atoms with Crippen molar-refractivity contribution in [3.05, 3.63) is 60.4 Å². The number of aliphatic hydroxyl groups excluding tert-OH is 2. The van der Waals surface area contributed by atoms with E-state index in [0.717, 1.165) is 22.3 Å². The molecule has 6 heteroatoms. The average molecular weight is 354 g/mol. The molecular weight excluding hydrogens is 332 g/mol. The Balaban J connectivity index is 2.02. The normalized spacial score (nSPS) is 12.1. The van der Waals surface area contributed by atoms with Crippen molar-refractivity contribution in [3.63, 3.8) is 0 Å². The molecule has 3 N–H and O–H groups in total. The number of carbonyl (C=O) groups excluding carboxylic acids is 1. The lowest BCUT2D eigenvalue weighted by atomic mass is 10.0. The molecule has 2 aromatic heterocycles. The lowest BCUT2D eigenvalue weighted by Gasteiger charge is -2.11. The van der Waals surface area contributed by atoms with Gasteiger partial charge >= 0.3 is 5.97 Å². The highest BCUT2D eigenvalue weighted by atomic mass is 16.5. The van der Waals surface area contributed by atoms with Crippen LogP contribution in [0, 0.1) is 0 Å². The maximum absolute atomic E-state index is 12.5. The van der Waals surface area contributed by atoms with Crippen LogP contribution in [-0.4, -0.2) is 46.4 Å². The number of ether oxygens (including phenoxy) is 1. The Labute approximate surface area is 151 Å². The molecule has 1 unspecified atom stereocenters. The number of nitrogens with zero attached hydrogens (tertiary/aromatic N) is 1. The summed E-state index contributed by atoms with van der Waals surface area (Å²) < 4.78 is 7.15. The lowest BCUT2D eigenvalue weighted by Crippen LogP contribution is -2.22. The number of carbonyl (C=O) groups is 1. The minimum absolute atomic E-state index is 0.239. The Kier molecular flexibility index (Phi) is 5.55. The Morgan fingerprint density at radius 2 is 2.12 bits per heavy atom. The number of esters is 1. The second-order valence-electron chi connectivity index (χ2n) is 5.93. The number of aromatic nitrogens is 1. The van der Waals surface area contributed by atoms with Crippen LogP contribution < -0.4 is 5.32 Å². The summed E-state index contributed by atoms with van der Waals surface area (Å²) in [5.74, 6) is -0.356. The van der Waals surface area contributed by atoms with E-state index in [9.17, 15) is 9.90 Å². The van der Waals surface area contributed by atoms with E-state index in [1.807, 2.05) is 59.3 Å². The third-order valence-corrected chi connectivity index (χ3v) is 4.09. The zero-order valence-electron chi connectivity index (χ0n) is 14.6. The minimum Gasteiger partial charge on any atom is -0.462 e. The van der Waals surface area contributed by atoms with Crippen molar-refractivity contribution in [1.82, 2.24) is 4.40 Å². The Morgan fingerprint density at radius 1 is 1.27 bits per heavy atom. The van der Waals surface area contributed by atoms with Crippen molar-refractivity contribution in [2.75, 3.05) is 25.1 Å². The van der Waals surface area contributed by atoms with Crippen LogP contribution >= 0.6 is 0 Å². The van der Waals surface area contributed by atoms with Gasteiger partial charge in [-0.3, -0.25) is 0 Å². The topological polar surface area (TPSA) is 83.2 Å². The van der Waals surface area contributed by atoms with Crippen LogP contribution in [0.5, 0.6) is 0 Å². The van der Waals surface area contributed by atoms with Crippen LogP contribution in [0.25, 0.3) is 16.6 Å². The van der Waals surface area contributed by atoms with Crippen molar-refractivity contribution < 1.29 is 19.7 Å². The number of hydrogen-bond acceptors (Lipinski definition) is 5. The van der Waals surface area contributed by atoms with Crippen LogP contribution in [0.1, 0.15) is 17.3 Å². The summed E-state index contributed by atoms with van der Waals surface area (Å²) in [6.07, 6.45) is 2.97. The first kappa shape index (κ1) is 18.0. The molecular formula is C20H22N2O4. The number of hydrogen-bond donors (Lipinski definition) is 3. The van der Waals surface area contributed by atoms with E-state index in [1.54, 1.807) is 6.92 Å². The van der Waals surface area contributed by atoms with Crippen molar-refractivity contribution >= 4 is 17.2 Å². The number of nitrogens with one attached hydrogen (secondary N) is 1. The molecule has 0 bridgehead atoms. The largest absolute Gasteiger partial charge is 0.462 e. The van der Waals surface area contributed by atoms with E-state index >= 15 is 0 Å². The van der Waals surface area contributed by atoms with Gasteiger partial charge in [-0.2, -0.15) is 0 Å². The molecule has 0 spiro atoms. The molecule has 0 amide bonds. The van der Waals surface area contributed by atoms with Crippen LogP contribution in [0.3, 0.4) is 0 Å². The fourth-order valence-corrected chi connectivity index (χ4v) is 2.86. The van der Waals surface area contributed by atoms with E-state index in [4.69, 9.17) is 9.84 Å². The van der Waals surface area contributed by atoms with Gasteiger partial charge in [0, 0.05) is 30.2 Å². The van der Waals surface area contributed by atoms with Gasteiger partial charge in [-0.15, -0.1) is 0 Å². The highest BCUT2D eigenvalue weighted by Crippen LogP contribution is 2.31. The summed E-state index contributed by atoms with van der Waals surface area (Å²) in [6, 6.07) is 13.2. The molecule has 3 rings (SSSR count). The molecule has 1 atom stereocenters. The van der Waals surface area contributed by atoms with Crippen molar-refractivity contribution in [3.8, 4) is 11.1 Å². The van der Waals surface area contributed by atoms with Crippen LogP contribution in [0.2, 0.25) is 0 Å². The van der Waals surface area contributed by atoms with Crippen LogP contribution in [0.4, 0.5) is 5.69 Å². The Bertz CT molecular complexity index is 904. The summed E-state index contributed by atoms with van der Waals surface area (Å²) in [5, 5.41) is 21.5. The number of pyridine rings is 1. The first-order valence-corrected chi connectivity index (χ1v) is 8.54. The highest BCUT2D eigenvalue weighted by Gasteiger charge is 2.20. The van der Waals surface area contributed by atoms with E-state index in [1.165, 1.54) is 0 Å². The molecule has 6 nitrogen and oxygen atoms in total.